The van der Waals surface area contributed by atoms with Crippen LogP contribution in [0.15, 0.2) is 60.8 Å². The van der Waals surface area contributed by atoms with E-state index in [1.807, 2.05) is 6.07 Å². The third-order valence-corrected chi connectivity index (χ3v) is 6.05. The molecule has 0 spiro atoms. The molecule has 2 aromatic carbocycles. The normalized spacial score (nSPS) is 26.9. The second-order valence-electron chi connectivity index (χ2n) is 7.34. The van der Waals surface area contributed by atoms with Gasteiger partial charge in [-0.25, -0.2) is 0 Å². The summed E-state index contributed by atoms with van der Waals surface area (Å²) in [6.45, 7) is 2.10. The Morgan fingerprint density at radius 2 is 1.68 bits per heavy atom. The first-order valence-corrected chi connectivity index (χ1v) is 9.21. The van der Waals surface area contributed by atoms with Gasteiger partial charge in [-0.05, 0) is 43.1 Å². The molecule has 3 fully saturated rings. The van der Waals surface area contributed by atoms with E-state index in [9.17, 15) is 4.79 Å². The highest BCUT2D eigenvalue weighted by Crippen LogP contribution is 2.41. The number of rotatable bonds is 3. The second kappa shape index (κ2) is 5.85. The lowest BCUT2D eigenvalue weighted by atomic mass is 9.73. The maximum atomic E-state index is 13.2. The highest BCUT2D eigenvalue weighted by molar-refractivity contribution is 5.91. The summed E-state index contributed by atoms with van der Waals surface area (Å²) in [6, 6.07) is 18.9. The number of hydrogen-bond donors (Lipinski definition) is 1. The third-order valence-electron chi connectivity index (χ3n) is 6.05. The van der Waals surface area contributed by atoms with Crippen LogP contribution in [0.4, 0.5) is 0 Å². The largest absolute Gasteiger partial charge is 0.361 e. The van der Waals surface area contributed by atoms with E-state index in [1.54, 1.807) is 0 Å². The van der Waals surface area contributed by atoms with Crippen molar-refractivity contribution in [3.05, 3.63) is 71.9 Å². The van der Waals surface area contributed by atoms with Gasteiger partial charge in [-0.3, -0.25) is 9.69 Å². The van der Waals surface area contributed by atoms with Crippen molar-refractivity contribution in [3.63, 3.8) is 0 Å². The molecule has 4 heterocycles. The van der Waals surface area contributed by atoms with Crippen molar-refractivity contribution in [2.24, 2.45) is 5.92 Å². The predicted molar refractivity (Wildman–Crippen MR) is 99.7 cm³/mol. The maximum Gasteiger partial charge on any atom is 0.154 e. The first-order valence-electron chi connectivity index (χ1n) is 9.21. The summed E-state index contributed by atoms with van der Waals surface area (Å²) in [5.41, 5.74) is 3.62. The fourth-order valence-electron chi connectivity index (χ4n) is 4.80. The lowest BCUT2D eigenvalue weighted by Gasteiger charge is -2.47. The first kappa shape index (κ1) is 14.9. The lowest BCUT2D eigenvalue weighted by molar-refractivity contribution is -0.137. The average Bonchev–Trinajstić information content (AvgIpc) is 3.10. The van der Waals surface area contributed by atoms with E-state index in [0.717, 1.165) is 31.4 Å². The molecular formula is C22H22N2O. The second-order valence-corrected chi connectivity index (χ2v) is 7.34. The van der Waals surface area contributed by atoms with Gasteiger partial charge in [0.2, 0.25) is 0 Å². The molecule has 2 atom stereocenters. The van der Waals surface area contributed by atoms with Crippen LogP contribution in [0, 0.1) is 5.92 Å². The number of fused-ring (bicyclic) bond motifs is 4. The number of benzene rings is 2. The number of aromatic amines is 1. The smallest absolute Gasteiger partial charge is 0.154 e. The van der Waals surface area contributed by atoms with E-state index in [0.29, 0.717) is 5.78 Å². The Hall–Kier alpha value is -2.39. The number of carbonyl (C=O) groups excluding carboxylic acids is 1. The van der Waals surface area contributed by atoms with Crippen LogP contribution in [0.1, 0.15) is 29.9 Å². The molecule has 0 aliphatic carbocycles. The fourth-order valence-corrected chi connectivity index (χ4v) is 4.80. The van der Waals surface area contributed by atoms with Crippen LogP contribution in [0.2, 0.25) is 0 Å². The van der Waals surface area contributed by atoms with Crippen LogP contribution >= 0.6 is 0 Å². The number of carbonyl (C=O) groups is 1. The van der Waals surface area contributed by atoms with Crippen molar-refractivity contribution < 1.29 is 4.79 Å². The number of H-pyrrole nitrogens is 1. The molecule has 3 heteroatoms. The Morgan fingerprint density at radius 1 is 0.960 bits per heavy atom. The van der Waals surface area contributed by atoms with E-state index in [-0.39, 0.29) is 17.9 Å². The Kier molecular flexibility index (Phi) is 3.49. The number of ketones is 1. The number of Topliss-reactive ketones (excluding diaryl/α,β-unsaturated/α-hetero) is 1. The molecular weight excluding hydrogens is 308 g/mol. The third kappa shape index (κ3) is 2.34. The summed E-state index contributed by atoms with van der Waals surface area (Å²) in [7, 11) is 0. The van der Waals surface area contributed by atoms with Crippen molar-refractivity contribution in [1.82, 2.24) is 9.88 Å². The number of hydrogen-bond acceptors (Lipinski definition) is 2. The molecule has 2 unspecified atom stereocenters. The average molecular weight is 330 g/mol. The summed E-state index contributed by atoms with van der Waals surface area (Å²) < 4.78 is 0. The molecule has 1 aromatic heterocycles. The van der Waals surface area contributed by atoms with E-state index < -0.39 is 0 Å². The van der Waals surface area contributed by atoms with Gasteiger partial charge in [-0.2, -0.15) is 0 Å². The molecule has 2 bridgehead atoms. The monoisotopic (exact) mass is 330 g/mol. The number of nitrogens with zero attached hydrogens (tertiary/aromatic N) is 1. The van der Waals surface area contributed by atoms with Gasteiger partial charge in [0, 0.05) is 28.9 Å². The van der Waals surface area contributed by atoms with Gasteiger partial charge < -0.3 is 4.98 Å². The molecule has 3 aromatic rings. The van der Waals surface area contributed by atoms with Crippen molar-refractivity contribution in [3.8, 4) is 0 Å². The van der Waals surface area contributed by atoms with E-state index in [4.69, 9.17) is 0 Å². The Morgan fingerprint density at radius 3 is 2.44 bits per heavy atom. The van der Waals surface area contributed by atoms with Crippen LogP contribution in [0.3, 0.4) is 0 Å². The molecule has 0 amide bonds. The molecule has 3 nitrogen and oxygen atoms in total. The van der Waals surface area contributed by atoms with Gasteiger partial charge in [0.05, 0.1) is 6.04 Å². The van der Waals surface area contributed by atoms with Crippen molar-refractivity contribution in [2.45, 2.75) is 24.8 Å². The zero-order chi connectivity index (χ0) is 16.8. The van der Waals surface area contributed by atoms with Gasteiger partial charge in [0.25, 0.3) is 0 Å². The standard InChI is InChI=1S/C22H22N2O/c25-22-16-10-12-24(13-11-16)21(22)20(15-6-2-1-3-7-15)18-14-23-19-9-5-4-8-17(18)19/h1-9,14,16,20-21,23H,10-13H2. The summed E-state index contributed by atoms with van der Waals surface area (Å²) in [6.07, 6.45) is 4.18. The Labute approximate surface area is 147 Å². The highest BCUT2D eigenvalue weighted by atomic mass is 16.1. The van der Waals surface area contributed by atoms with Crippen LogP contribution in [-0.2, 0) is 4.79 Å². The summed E-state index contributed by atoms with van der Waals surface area (Å²) >= 11 is 0. The molecule has 1 N–H and O–H groups in total. The summed E-state index contributed by atoms with van der Waals surface area (Å²) in [4.78, 5) is 19.0. The van der Waals surface area contributed by atoms with E-state index >= 15 is 0 Å². The quantitative estimate of drug-likeness (QED) is 0.789. The van der Waals surface area contributed by atoms with Gasteiger partial charge in [0.15, 0.2) is 5.78 Å². The molecule has 6 rings (SSSR count). The molecule has 3 aliphatic heterocycles. The Balaban J connectivity index is 1.69. The SMILES string of the molecule is O=C1C2CCN(CC2)C1C(c1ccccc1)c1c[nH]c2ccccc12. The minimum absolute atomic E-state index is 0.0332. The van der Waals surface area contributed by atoms with Crippen LogP contribution < -0.4 is 0 Å². The first-order chi connectivity index (χ1) is 12.3. The van der Waals surface area contributed by atoms with Gasteiger partial charge in [-0.1, -0.05) is 48.5 Å². The van der Waals surface area contributed by atoms with Gasteiger partial charge in [-0.15, -0.1) is 0 Å². The maximum absolute atomic E-state index is 13.2. The van der Waals surface area contributed by atoms with Crippen molar-refractivity contribution in [1.29, 1.82) is 0 Å². The zero-order valence-electron chi connectivity index (χ0n) is 14.2. The zero-order valence-corrected chi connectivity index (χ0v) is 14.2. The van der Waals surface area contributed by atoms with Crippen LogP contribution in [0.25, 0.3) is 10.9 Å². The number of nitrogens with one attached hydrogen (secondary N) is 1. The summed E-state index contributed by atoms with van der Waals surface area (Å²) in [5.74, 6) is 0.788. The fraction of sp³-hybridized carbons (Fsp3) is 0.318. The number of para-hydroxylation sites is 1. The van der Waals surface area contributed by atoms with E-state index in [1.165, 1.54) is 16.5 Å². The van der Waals surface area contributed by atoms with Crippen LogP contribution in [0.5, 0.6) is 0 Å². The molecule has 0 saturated carbocycles. The molecule has 126 valence electrons. The molecule has 0 radical (unpaired) electrons. The molecule has 25 heavy (non-hydrogen) atoms. The van der Waals surface area contributed by atoms with E-state index in [2.05, 4.69) is 64.6 Å². The topological polar surface area (TPSA) is 36.1 Å². The molecule has 3 saturated heterocycles. The summed E-state index contributed by atoms with van der Waals surface area (Å²) in [5, 5.41) is 1.23. The number of aromatic nitrogens is 1. The lowest BCUT2D eigenvalue weighted by Crippen LogP contribution is -2.57. The van der Waals surface area contributed by atoms with Gasteiger partial charge in [0.1, 0.15) is 0 Å². The van der Waals surface area contributed by atoms with Crippen molar-refractivity contribution in [2.75, 3.05) is 13.1 Å². The minimum Gasteiger partial charge on any atom is -0.361 e. The highest BCUT2D eigenvalue weighted by Gasteiger charge is 2.46. The minimum atomic E-state index is -0.0332. The molecule has 3 aliphatic rings. The van der Waals surface area contributed by atoms with Crippen LogP contribution in [-0.4, -0.2) is 34.8 Å². The van der Waals surface area contributed by atoms with Crippen molar-refractivity contribution >= 4 is 16.7 Å². The predicted octanol–water partition coefficient (Wildman–Crippen LogP) is 3.96. The number of piperidine rings is 3. The van der Waals surface area contributed by atoms with Gasteiger partial charge >= 0.3 is 0 Å². The Bertz CT molecular complexity index is 906.